The number of carbonyl (C=O) groups excluding carboxylic acids is 2. The lowest BCUT2D eigenvalue weighted by Gasteiger charge is -2.22. The molecule has 0 radical (unpaired) electrons. The lowest BCUT2D eigenvalue weighted by Crippen LogP contribution is -2.35. The number of carboxylic acid groups (broad SMARTS) is 1. The van der Waals surface area contributed by atoms with Crippen LogP contribution in [0.15, 0.2) is 59.9 Å². The van der Waals surface area contributed by atoms with Gasteiger partial charge in [0.1, 0.15) is 17.1 Å². The van der Waals surface area contributed by atoms with Gasteiger partial charge in [0.25, 0.3) is 11.8 Å². The summed E-state index contributed by atoms with van der Waals surface area (Å²) in [6.07, 6.45) is 4.63. The van der Waals surface area contributed by atoms with E-state index in [-0.39, 0.29) is 17.8 Å². The first kappa shape index (κ1) is 25.8. The van der Waals surface area contributed by atoms with Gasteiger partial charge >= 0.3 is 5.97 Å². The Labute approximate surface area is 205 Å². The topological polar surface area (TPSA) is 116 Å². The fourth-order valence-corrected chi connectivity index (χ4v) is 3.92. The molecule has 1 unspecified atom stereocenters. The fourth-order valence-electron chi connectivity index (χ4n) is 3.92. The Hall–Kier alpha value is -3.81. The molecule has 2 aromatic carbocycles. The van der Waals surface area contributed by atoms with E-state index in [1.54, 1.807) is 43.3 Å². The van der Waals surface area contributed by atoms with Gasteiger partial charge in [-0.3, -0.25) is 19.3 Å². The van der Waals surface area contributed by atoms with Crippen molar-refractivity contribution < 1.29 is 29.3 Å². The summed E-state index contributed by atoms with van der Waals surface area (Å²) in [6.45, 7) is 4.17. The van der Waals surface area contributed by atoms with Gasteiger partial charge in [-0.15, -0.1) is 0 Å². The minimum absolute atomic E-state index is 0.217. The zero-order valence-electron chi connectivity index (χ0n) is 20.1. The average Bonchev–Trinajstić information content (AvgIpc) is 3.05. The van der Waals surface area contributed by atoms with E-state index >= 15 is 0 Å². The molecule has 2 amide bonds. The fraction of sp³-hybridized carbons (Fsp3) is 0.370. The number of hydrogen-bond donors (Lipinski definition) is 3. The second-order valence-electron chi connectivity index (χ2n) is 8.69. The molecule has 0 spiro atoms. The van der Waals surface area contributed by atoms with E-state index in [1.165, 1.54) is 4.90 Å². The van der Waals surface area contributed by atoms with Gasteiger partial charge < -0.3 is 20.3 Å². The first-order valence-electron chi connectivity index (χ1n) is 11.9. The van der Waals surface area contributed by atoms with Crippen molar-refractivity contribution in [2.45, 2.75) is 58.4 Å². The molecular weight excluding hydrogens is 448 g/mol. The summed E-state index contributed by atoms with van der Waals surface area (Å²) in [5.41, 5.74) is 1.88. The number of aryl methyl sites for hydroxylation is 1. The van der Waals surface area contributed by atoms with Crippen LogP contribution < -0.4 is 15.0 Å². The highest BCUT2D eigenvalue weighted by Gasteiger charge is 2.41. The highest BCUT2D eigenvalue weighted by Crippen LogP contribution is 2.31. The van der Waals surface area contributed by atoms with Crippen molar-refractivity contribution in [2.24, 2.45) is 0 Å². The number of unbranched alkanes of at least 4 members (excludes halogenated alkanes) is 4. The molecule has 8 nitrogen and oxygen atoms in total. The van der Waals surface area contributed by atoms with E-state index in [9.17, 15) is 19.5 Å². The Morgan fingerprint density at radius 1 is 0.971 bits per heavy atom. The second-order valence-corrected chi connectivity index (χ2v) is 8.69. The first-order valence-corrected chi connectivity index (χ1v) is 11.9. The molecule has 0 saturated carbocycles. The van der Waals surface area contributed by atoms with E-state index < -0.39 is 23.8 Å². The monoisotopic (exact) mass is 480 g/mol. The van der Waals surface area contributed by atoms with Crippen LogP contribution in [0.3, 0.4) is 0 Å². The van der Waals surface area contributed by atoms with Gasteiger partial charge in [0.15, 0.2) is 0 Å². The van der Waals surface area contributed by atoms with E-state index in [1.807, 2.05) is 19.1 Å². The zero-order chi connectivity index (χ0) is 25.4. The summed E-state index contributed by atoms with van der Waals surface area (Å²) < 4.78 is 5.71. The molecule has 2 aromatic rings. The van der Waals surface area contributed by atoms with E-state index in [2.05, 4.69) is 5.32 Å². The molecular formula is C27H32N2O6. The molecule has 3 rings (SSSR count). The largest absolute Gasteiger partial charge is 0.509 e. The molecule has 0 aromatic heterocycles. The normalized spacial score (nSPS) is 15.4. The van der Waals surface area contributed by atoms with Crippen molar-refractivity contribution in [3.05, 3.63) is 65.4 Å². The van der Waals surface area contributed by atoms with Crippen LogP contribution >= 0.6 is 0 Å². The number of carboxylic acids is 1. The third kappa shape index (κ3) is 6.85. The van der Waals surface area contributed by atoms with Crippen LogP contribution in [-0.2, 0) is 14.4 Å². The molecule has 0 bridgehead atoms. The highest BCUT2D eigenvalue weighted by atomic mass is 16.5. The summed E-state index contributed by atoms with van der Waals surface area (Å²) in [5, 5.41) is 21.8. The molecule has 0 fully saturated rings. The number of aliphatic hydroxyl groups excluding tert-OH is 1. The van der Waals surface area contributed by atoms with Crippen LogP contribution in [0.4, 0.5) is 11.4 Å². The lowest BCUT2D eigenvalue weighted by molar-refractivity contribution is -0.137. The number of anilines is 2. The van der Waals surface area contributed by atoms with Crippen LogP contribution in [0.5, 0.6) is 5.75 Å². The molecule has 35 heavy (non-hydrogen) atoms. The van der Waals surface area contributed by atoms with Crippen molar-refractivity contribution in [2.75, 3.05) is 16.8 Å². The van der Waals surface area contributed by atoms with Crippen molar-refractivity contribution in [1.82, 2.24) is 0 Å². The molecule has 186 valence electrons. The average molecular weight is 481 g/mol. The number of carbonyl (C=O) groups is 3. The van der Waals surface area contributed by atoms with E-state index in [0.717, 1.165) is 31.2 Å². The smallest absolute Gasteiger partial charge is 0.303 e. The molecule has 0 aliphatic carbocycles. The summed E-state index contributed by atoms with van der Waals surface area (Å²) in [6, 6.07) is 13.5. The van der Waals surface area contributed by atoms with Crippen LogP contribution in [0.1, 0.15) is 51.0 Å². The van der Waals surface area contributed by atoms with Gasteiger partial charge in [0, 0.05) is 17.8 Å². The van der Waals surface area contributed by atoms with Crippen LogP contribution in [0, 0.1) is 6.92 Å². The number of nitrogens with one attached hydrogen (secondary N) is 1. The predicted octanol–water partition coefficient (Wildman–Crippen LogP) is 4.98. The van der Waals surface area contributed by atoms with Crippen molar-refractivity contribution >= 4 is 29.2 Å². The van der Waals surface area contributed by atoms with Gasteiger partial charge in [0.05, 0.1) is 12.6 Å². The van der Waals surface area contributed by atoms with Gasteiger partial charge in [-0.25, -0.2) is 0 Å². The predicted molar refractivity (Wildman–Crippen MR) is 134 cm³/mol. The second kappa shape index (κ2) is 12.1. The molecule has 8 heteroatoms. The maximum Gasteiger partial charge on any atom is 0.303 e. The first-order chi connectivity index (χ1) is 16.8. The van der Waals surface area contributed by atoms with Crippen molar-refractivity contribution in [1.29, 1.82) is 0 Å². The van der Waals surface area contributed by atoms with Gasteiger partial charge in [0.2, 0.25) is 0 Å². The van der Waals surface area contributed by atoms with Gasteiger partial charge in [-0.1, -0.05) is 37.0 Å². The third-order valence-corrected chi connectivity index (χ3v) is 5.93. The standard InChI is InChI=1S/C27H32N2O6/c1-18-9-13-21(14-10-18)29-19(2)25(32)24(27(29)34)26(33)28-20-11-15-22(16-12-20)35-17-7-5-3-4-6-8-23(30)31/h9-16,19,32H,3-8,17H2,1-2H3,(H,28,33)(H,30,31). The summed E-state index contributed by atoms with van der Waals surface area (Å²) in [7, 11) is 0. The minimum atomic E-state index is -0.755. The number of aliphatic carboxylic acids is 1. The van der Waals surface area contributed by atoms with Crippen molar-refractivity contribution in [3.63, 3.8) is 0 Å². The lowest BCUT2D eigenvalue weighted by atomic mass is 10.1. The Balaban J connectivity index is 1.48. The Bertz CT molecular complexity index is 1080. The Morgan fingerprint density at radius 3 is 2.26 bits per heavy atom. The minimum Gasteiger partial charge on any atom is -0.509 e. The van der Waals surface area contributed by atoms with E-state index in [4.69, 9.17) is 9.84 Å². The quantitative estimate of drug-likeness (QED) is 0.291. The summed E-state index contributed by atoms with van der Waals surface area (Å²) in [5.74, 6) is -1.55. The van der Waals surface area contributed by atoms with Crippen molar-refractivity contribution in [3.8, 4) is 5.75 Å². The van der Waals surface area contributed by atoms with Crippen LogP contribution in [0.25, 0.3) is 0 Å². The Kier molecular flexibility index (Phi) is 8.89. The molecule has 3 N–H and O–H groups in total. The number of nitrogens with zero attached hydrogens (tertiary/aromatic N) is 1. The number of benzene rings is 2. The maximum absolute atomic E-state index is 13.0. The SMILES string of the molecule is Cc1ccc(N2C(=O)C(C(=O)Nc3ccc(OCCCCCCCC(=O)O)cc3)=C(O)C2C)cc1. The third-order valence-electron chi connectivity index (χ3n) is 5.93. The van der Waals surface area contributed by atoms with Gasteiger partial charge in [-0.05, 0) is 63.1 Å². The molecule has 1 atom stereocenters. The summed E-state index contributed by atoms with van der Waals surface area (Å²) >= 11 is 0. The zero-order valence-corrected chi connectivity index (χ0v) is 20.1. The number of aliphatic hydroxyl groups is 1. The number of hydrogen-bond acceptors (Lipinski definition) is 5. The number of amides is 2. The van der Waals surface area contributed by atoms with Gasteiger partial charge in [-0.2, -0.15) is 0 Å². The molecule has 1 heterocycles. The maximum atomic E-state index is 13.0. The van der Waals surface area contributed by atoms with E-state index in [0.29, 0.717) is 30.2 Å². The van der Waals surface area contributed by atoms with Crippen LogP contribution in [-0.4, -0.2) is 40.6 Å². The molecule has 0 saturated heterocycles. The van der Waals surface area contributed by atoms with Crippen LogP contribution in [0.2, 0.25) is 0 Å². The highest BCUT2D eigenvalue weighted by molar-refractivity contribution is 6.29. The summed E-state index contributed by atoms with van der Waals surface area (Å²) in [4.78, 5) is 37.7. The Morgan fingerprint density at radius 2 is 1.60 bits per heavy atom. The number of ether oxygens (including phenoxy) is 1. The molecule has 1 aliphatic rings. The molecule has 1 aliphatic heterocycles. The number of rotatable bonds is 12.